The highest BCUT2D eigenvalue weighted by atomic mass is 33.1. The summed E-state index contributed by atoms with van der Waals surface area (Å²) < 4.78 is 0. The first-order valence-corrected chi connectivity index (χ1v) is 18.8. The van der Waals surface area contributed by atoms with Crippen LogP contribution in [0.1, 0.15) is 90.9 Å². The predicted octanol–water partition coefficient (Wildman–Crippen LogP) is 1.12. The minimum Gasteiger partial charge on any atom is -0.481 e. The molecule has 4 heterocycles. The molecule has 10 atom stereocenters. The monoisotopic (exact) mass is 629 g/mol. The van der Waals surface area contributed by atoms with Gasteiger partial charge < -0.3 is 36.6 Å². The smallest absolute Gasteiger partial charge is 0.306 e. The van der Waals surface area contributed by atoms with Gasteiger partial charge in [-0.05, 0) is 51.9 Å². The van der Waals surface area contributed by atoms with Crippen LogP contribution in [0.2, 0.25) is 0 Å². The van der Waals surface area contributed by atoms with Gasteiger partial charge in [0.05, 0.1) is 36.5 Å². The summed E-state index contributed by atoms with van der Waals surface area (Å²) in [7, 11) is 3.73. The van der Waals surface area contributed by atoms with E-state index in [9.17, 15) is 20.1 Å². The highest BCUT2D eigenvalue weighted by Gasteiger charge is 2.41. The topological polar surface area (TPSA) is 157 Å². The van der Waals surface area contributed by atoms with Gasteiger partial charge in [-0.2, -0.15) is 0 Å². The summed E-state index contributed by atoms with van der Waals surface area (Å²) in [6, 6.07) is 1.29. The van der Waals surface area contributed by atoms with Crippen molar-refractivity contribution in [1.82, 2.24) is 16.0 Å². The number of aliphatic carboxylic acids is 1. The van der Waals surface area contributed by atoms with Crippen molar-refractivity contribution in [2.75, 3.05) is 31.3 Å². The number of hydrogen-bond acceptors (Lipinski definition) is 10. The van der Waals surface area contributed by atoms with Gasteiger partial charge in [0.25, 0.3) is 0 Å². The van der Waals surface area contributed by atoms with Gasteiger partial charge in [0, 0.05) is 42.1 Å². The molecule has 4 rings (SSSR count). The number of fused-ring (bicyclic) bond motifs is 2. The summed E-state index contributed by atoms with van der Waals surface area (Å²) >= 11 is 0. The number of rotatable bonds is 11. The average Bonchev–Trinajstić information content (AvgIpc) is 3.45. The van der Waals surface area contributed by atoms with Crippen LogP contribution in [0.25, 0.3) is 0 Å². The third kappa shape index (κ3) is 10.6. The molecule has 2 bridgehead atoms. The Labute approximate surface area is 260 Å². The first-order valence-electron chi connectivity index (χ1n) is 16.3. The molecule has 1 unspecified atom stereocenters. The van der Waals surface area contributed by atoms with Gasteiger partial charge in [-0.3, -0.25) is 10.1 Å². The second-order valence-corrected chi connectivity index (χ2v) is 16.5. The van der Waals surface area contributed by atoms with Crippen LogP contribution < -0.4 is 26.6 Å². The van der Waals surface area contributed by atoms with Crippen molar-refractivity contribution in [3.05, 3.63) is 0 Å². The highest BCUT2D eigenvalue weighted by molar-refractivity contribution is 8.76. The lowest BCUT2D eigenvalue weighted by Crippen LogP contribution is -3.16. The summed E-state index contributed by atoms with van der Waals surface area (Å²) in [5.41, 5.74) is 4.80. The lowest BCUT2D eigenvalue weighted by molar-refractivity contribution is -0.914. The van der Waals surface area contributed by atoms with Gasteiger partial charge in [-0.15, -0.1) is 0 Å². The lowest BCUT2D eigenvalue weighted by Gasteiger charge is -2.45. The maximum atomic E-state index is 11.8. The molecular formula is C30H57N6O4S2+. The van der Waals surface area contributed by atoms with E-state index in [-0.39, 0.29) is 42.7 Å². The second kappa shape index (κ2) is 16.2. The summed E-state index contributed by atoms with van der Waals surface area (Å²) in [4.78, 5) is 17.7. The minimum absolute atomic E-state index is 0.104. The SMILES string of the molecule is C[C@@H]1N[C@H](CCCCCCC[C@@H]2CSSC[C@H]3C[C@](C)(C[C@H](N)N3)NC[C@](O)(CC(=O)O)C2)[C@@H]([NH+]2CC=NC2)C[C@H]1O. The molecule has 10 nitrogen and oxygen atoms in total. The summed E-state index contributed by atoms with van der Waals surface area (Å²) in [6.07, 6.45) is 12.4. The number of β-amino-alcohol motifs (C(OH)–C–C–N with tert-alkyl or cyclic N) is 1. The number of aliphatic imine (C=N–C) groups is 1. The molecule has 0 aromatic carbocycles. The number of carbonyl (C=O) groups is 1. The van der Waals surface area contributed by atoms with E-state index in [4.69, 9.17) is 5.73 Å². The molecule has 0 spiro atoms. The number of hydrogen-bond donors (Lipinski definition) is 8. The standard InChI is InChI=1S/C30H56N6O4S2/c1-21-26(37)12-25(36-11-10-32-20-36)24(34-21)9-7-5-3-4-6-8-22-13-30(40,16-28(38)39)19-33-29(2)14-23(18-42-41-17-22)35-27(31)15-29/h10,21-27,33-35,37,40H,3-9,11-20,31H2,1-2H3,(H,38,39)/p+1/t21-,22-,23+,24+,25-,26+,27+,29+,30+/m0/s1. The molecule has 42 heavy (non-hydrogen) atoms. The molecule has 0 saturated carbocycles. The van der Waals surface area contributed by atoms with E-state index in [0.717, 1.165) is 69.7 Å². The quantitative estimate of drug-likeness (QED) is 0.123. The highest BCUT2D eigenvalue weighted by Crippen LogP contribution is 2.36. The number of aliphatic hydroxyl groups excluding tert-OH is 1. The molecule has 4 aliphatic rings. The third-order valence-electron chi connectivity index (χ3n) is 9.93. The molecule has 9 N–H and O–H groups in total. The number of quaternary nitrogens is 1. The molecule has 3 fully saturated rings. The number of unbranched alkanes of at least 4 members (excludes halogenated alkanes) is 4. The predicted molar refractivity (Wildman–Crippen MR) is 173 cm³/mol. The van der Waals surface area contributed by atoms with Crippen LogP contribution in [0, 0.1) is 5.92 Å². The Balaban J connectivity index is 1.22. The fraction of sp³-hybridized carbons (Fsp3) is 0.933. The number of carboxylic acids is 1. The first kappa shape index (κ1) is 34.4. The minimum atomic E-state index is -1.27. The molecule has 3 saturated heterocycles. The van der Waals surface area contributed by atoms with E-state index in [2.05, 4.69) is 34.8 Å². The fourth-order valence-electron chi connectivity index (χ4n) is 7.66. The molecular weight excluding hydrogens is 573 g/mol. The number of piperidine rings is 2. The Hall–Kier alpha value is -0.440. The Kier molecular flexibility index (Phi) is 13.3. The van der Waals surface area contributed by atoms with Gasteiger partial charge in [0.15, 0.2) is 6.67 Å². The number of nitrogens with two attached hydrogens (primary N) is 1. The van der Waals surface area contributed by atoms with Crippen LogP contribution in [0.4, 0.5) is 0 Å². The zero-order valence-electron chi connectivity index (χ0n) is 25.7. The number of nitrogens with one attached hydrogen (secondary N) is 4. The van der Waals surface area contributed by atoms with Crippen LogP contribution in [-0.4, -0.2) is 106 Å². The zero-order chi connectivity index (χ0) is 30.2. The van der Waals surface area contributed by atoms with Gasteiger partial charge in [-0.1, -0.05) is 53.7 Å². The van der Waals surface area contributed by atoms with E-state index < -0.39 is 11.6 Å². The van der Waals surface area contributed by atoms with Crippen LogP contribution >= 0.6 is 21.6 Å². The van der Waals surface area contributed by atoms with E-state index in [1.165, 1.54) is 24.2 Å². The van der Waals surface area contributed by atoms with Crippen LogP contribution in [-0.2, 0) is 4.79 Å². The van der Waals surface area contributed by atoms with Crippen molar-refractivity contribution in [1.29, 1.82) is 0 Å². The summed E-state index contributed by atoms with van der Waals surface area (Å²) in [5.74, 6) is 1.24. The Morgan fingerprint density at radius 1 is 1.10 bits per heavy atom. The number of nitrogens with zero attached hydrogens (tertiary/aromatic N) is 1. The van der Waals surface area contributed by atoms with Crippen molar-refractivity contribution < 1.29 is 25.0 Å². The summed E-state index contributed by atoms with van der Waals surface area (Å²) in [6.45, 7) is 6.31. The molecule has 4 aliphatic heterocycles. The zero-order valence-corrected chi connectivity index (χ0v) is 27.4. The third-order valence-corrected chi connectivity index (χ3v) is 12.6. The molecule has 0 radical (unpaired) electrons. The normalized spacial score (nSPS) is 41.6. The Morgan fingerprint density at radius 3 is 2.57 bits per heavy atom. The molecule has 0 aliphatic carbocycles. The van der Waals surface area contributed by atoms with Crippen molar-refractivity contribution in [3.8, 4) is 0 Å². The maximum Gasteiger partial charge on any atom is 0.306 e. The van der Waals surface area contributed by atoms with E-state index in [1.54, 1.807) is 0 Å². The largest absolute Gasteiger partial charge is 0.481 e. The first-order chi connectivity index (χ1) is 20.0. The fourth-order valence-corrected chi connectivity index (χ4v) is 10.4. The molecule has 12 heteroatoms. The number of carboxylic acid groups (broad SMARTS) is 1. The van der Waals surface area contributed by atoms with Crippen LogP contribution in [0.15, 0.2) is 4.99 Å². The van der Waals surface area contributed by atoms with Crippen molar-refractivity contribution in [3.63, 3.8) is 0 Å². The van der Waals surface area contributed by atoms with Crippen molar-refractivity contribution >= 4 is 33.8 Å². The van der Waals surface area contributed by atoms with Gasteiger partial charge in [-0.25, -0.2) is 4.99 Å². The molecule has 0 amide bonds. The maximum absolute atomic E-state index is 11.8. The van der Waals surface area contributed by atoms with Crippen molar-refractivity contribution in [2.45, 2.75) is 138 Å². The molecule has 0 aromatic rings. The van der Waals surface area contributed by atoms with E-state index >= 15 is 0 Å². The Bertz CT molecular complexity index is 881. The lowest BCUT2D eigenvalue weighted by atomic mass is 9.82. The van der Waals surface area contributed by atoms with Gasteiger partial charge in [0.1, 0.15) is 12.6 Å². The number of aliphatic hydroxyl groups is 2. The molecule has 0 aromatic heterocycles. The van der Waals surface area contributed by atoms with E-state index in [1.807, 2.05) is 27.8 Å². The van der Waals surface area contributed by atoms with Crippen LogP contribution in [0.3, 0.4) is 0 Å². The van der Waals surface area contributed by atoms with Crippen LogP contribution in [0.5, 0.6) is 0 Å². The molecule has 242 valence electrons. The second-order valence-electron chi connectivity index (χ2n) is 13.9. The van der Waals surface area contributed by atoms with E-state index in [0.29, 0.717) is 24.5 Å². The summed E-state index contributed by atoms with van der Waals surface area (Å²) in [5, 5.41) is 42.4. The van der Waals surface area contributed by atoms with Gasteiger partial charge in [0.2, 0.25) is 0 Å². The van der Waals surface area contributed by atoms with Gasteiger partial charge >= 0.3 is 5.97 Å². The van der Waals surface area contributed by atoms with Crippen molar-refractivity contribution in [2.24, 2.45) is 16.6 Å². The average molecular weight is 630 g/mol. The Morgan fingerprint density at radius 2 is 1.83 bits per heavy atom.